The quantitative estimate of drug-likeness (QED) is 0.912. The molecule has 1 fully saturated rings. The standard InChI is InChI=1S/C14H18ClNO2/c15-13-5-3-11(4-6-13)9-16-7-1-2-12(10-16)8-14(17)18/h3-6,12H,1-2,7-10H2,(H,17,18). The molecule has 0 aliphatic carbocycles. The van der Waals surface area contributed by atoms with Gasteiger partial charge in [0, 0.05) is 24.5 Å². The molecule has 18 heavy (non-hydrogen) atoms. The maximum absolute atomic E-state index is 10.7. The average molecular weight is 268 g/mol. The summed E-state index contributed by atoms with van der Waals surface area (Å²) >= 11 is 5.86. The third-order valence-electron chi connectivity index (χ3n) is 3.39. The Labute approximate surface area is 112 Å². The largest absolute Gasteiger partial charge is 0.481 e. The first-order valence-corrected chi connectivity index (χ1v) is 6.70. The zero-order valence-electron chi connectivity index (χ0n) is 10.3. The molecule has 1 heterocycles. The molecule has 3 nitrogen and oxygen atoms in total. The molecule has 4 heteroatoms. The number of nitrogens with zero attached hydrogens (tertiary/aromatic N) is 1. The molecule has 98 valence electrons. The second kappa shape index (κ2) is 6.21. The smallest absolute Gasteiger partial charge is 0.303 e. The normalized spacial score (nSPS) is 20.8. The summed E-state index contributed by atoms with van der Waals surface area (Å²) in [7, 11) is 0. The van der Waals surface area contributed by atoms with Gasteiger partial charge in [-0.2, -0.15) is 0 Å². The summed E-state index contributed by atoms with van der Waals surface area (Å²) in [6.07, 6.45) is 2.41. The van der Waals surface area contributed by atoms with Crippen molar-refractivity contribution in [2.75, 3.05) is 13.1 Å². The van der Waals surface area contributed by atoms with Crippen LogP contribution in [-0.4, -0.2) is 29.1 Å². The summed E-state index contributed by atoms with van der Waals surface area (Å²) in [5, 5.41) is 9.59. The van der Waals surface area contributed by atoms with Gasteiger partial charge in [-0.3, -0.25) is 9.69 Å². The number of aliphatic carboxylic acids is 1. The number of halogens is 1. The van der Waals surface area contributed by atoms with Gasteiger partial charge < -0.3 is 5.11 Å². The van der Waals surface area contributed by atoms with Crippen LogP contribution in [0.4, 0.5) is 0 Å². The van der Waals surface area contributed by atoms with Crippen LogP contribution in [-0.2, 0) is 11.3 Å². The van der Waals surface area contributed by atoms with E-state index in [4.69, 9.17) is 16.7 Å². The van der Waals surface area contributed by atoms with Crippen LogP contribution in [0.25, 0.3) is 0 Å². The van der Waals surface area contributed by atoms with E-state index in [9.17, 15) is 4.79 Å². The molecule has 0 radical (unpaired) electrons. The van der Waals surface area contributed by atoms with Crippen LogP contribution in [0.15, 0.2) is 24.3 Å². The van der Waals surface area contributed by atoms with Crippen molar-refractivity contribution in [3.05, 3.63) is 34.9 Å². The molecule has 0 amide bonds. The molecule has 0 saturated carbocycles. The number of piperidine rings is 1. The van der Waals surface area contributed by atoms with Gasteiger partial charge >= 0.3 is 5.97 Å². The van der Waals surface area contributed by atoms with Crippen molar-refractivity contribution in [3.8, 4) is 0 Å². The van der Waals surface area contributed by atoms with Crippen LogP contribution in [0.2, 0.25) is 5.02 Å². The van der Waals surface area contributed by atoms with Crippen molar-refractivity contribution in [3.63, 3.8) is 0 Å². The van der Waals surface area contributed by atoms with E-state index in [0.29, 0.717) is 5.92 Å². The number of hydrogen-bond donors (Lipinski definition) is 1. The van der Waals surface area contributed by atoms with Crippen molar-refractivity contribution in [2.45, 2.75) is 25.8 Å². The predicted molar refractivity (Wildman–Crippen MR) is 71.7 cm³/mol. The number of carboxylic acid groups (broad SMARTS) is 1. The van der Waals surface area contributed by atoms with Crippen molar-refractivity contribution in [2.24, 2.45) is 5.92 Å². The molecule has 1 aromatic carbocycles. The van der Waals surface area contributed by atoms with E-state index < -0.39 is 5.97 Å². The molecule has 1 aromatic rings. The fourth-order valence-electron chi connectivity index (χ4n) is 2.56. The van der Waals surface area contributed by atoms with Crippen LogP contribution < -0.4 is 0 Å². The molecule has 0 aromatic heterocycles. The first kappa shape index (κ1) is 13.4. The maximum atomic E-state index is 10.7. The van der Waals surface area contributed by atoms with E-state index in [-0.39, 0.29) is 6.42 Å². The zero-order valence-corrected chi connectivity index (χ0v) is 11.1. The lowest BCUT2D eigenvalue weighted by atomic mass is 9.94. The van der Waals surface area contributed by atoms with Crippen molar-refractivity contribution in [1.82, 2.24) is 4.90 Å². The fraction of sp³-hybridized carbons (Fsp3) is 0.500. The van der Waals surface area contributed by atoms with Crippen LogP contribution in [0, 0.1) is 5.92 Å². The second-order valence-electron chi connectivity index (χ2n) is 4.97. The van der Waals surface area contributed by atoms with Crippen molar-refractivity contribution in [1.29, 1.82) is 0 Å². The highest BCUT2D eigenvalue weighted by atomic mass is 35.5. The van der Waals surface area contributed by atoms with E-state index in [1.807, 2.05) is 24.3 Å². The molecular formula is C14H18ClNO2. The molecule has 1 aliphatic heterocycles. The molecule has 1 saturated heterocycles. The zero-order chi connectivity index (χ0) is 13.0. The highest BCUT2D eigenvalue weighted by Gasteiger charge is 2.21. The summed E-state index contributed by atoms with van der Waals surface area (Å²) in [5.41, 5.74) is 1.23. The SMILES string of the molecule is O=C(O)CC1CCCN(Cc2ccc(Cl)cc2)C1. The Morgan fingerprint density at radius 1 is 1.39 bits per heavy atom. The van der Waals surface area contributed by atoms with Gasteiger partial charge in [-0.25, -0.2) is 0 Å². The average Bonchev–Trinajstić information content (AvgIpc) is 2.32. The summed E-state index contributed by atoms with van der Waals surface area (Å²) in [4.78, 5) is 13.1. The molecular weight excluding hydrogens is 250 g/mol. The Morgan fingerprint density at radius 2 is 2.11 bits per heavy atom. The van der Waals surface area contributed by atoms with Crippen LogP contribution >= 0.6 is 11.6 Å². The molecule has 2 rings (SSSR count). The summed E-state index contributed by atoms with van der Waals surface area (Å²) < 4.78 is 0. The molecule has 1 unspecified atom stereocenters. The number of rotatable bonds is 4. The lowest BCUT2D eigenvalue weighted by molar-refractivity contribution is -0.138. The van der Waals surface area contributed by atoms with E-state index in [1.54, 1.807) is 0 Å². The maximum Gasteiger partial charge on any atom is 0.303 e. The summed E-state index contributed by atoms with van der Waals surface area (Å²) in [6, 6.07) is 7.86. The Bertz CT molecular complexity index is 405. The van der Waals surface area contributed by atoms with Gasteiger partial charge in [0.15, 0.2) is 0 Å². The van der Waals surface area contributed by atoms with Gasteiger partial charge in [-0.1, -0.05) is 23.7 Å². The minimum Gasteiger partial charge on any atom is -0.481 e. The van der Waals surface area contributed by atoms with Gasteiger partial charge in [0.2, 0.25) is 0 Å². The monoisotopic (exact) mass is 267 g/mol. The Morgan fingerprint density at radius 3 is 2.78 bits per heavy atom. The van der Waals surface area contributed by atoms with Gasteiger partial charge in [0.1, 0.15) is 0 Å². The van der Waals surface area contributed by atoms with E-state index in [2.05, 4.69) is 4.90 Å². The van der Waals surface area contributed by atoms with E-state index in [1.165, 1.54) is 5.56 Å². The van der Waals surface area contributed by atoms with Gasteiger partial charge in [0.25, 0.3) is 0 Å². The molecule has 1 aliphatic rings. The highest BCUT2D eigenvalue weighted by Crippen LogP contribution is 2.21. The number of hydrogen-bond acceptors (Lipinski definition) is 2. The lowest BCUT2D eigenvalue weighted by Gasteiger charge is -2.32. The topological polar surface area (TPSA) is 40.5 Å². The van der Waals surface area contributed by atoms with Crippen molar-refractivity contribution < 1.29 is 9.90 Å². The number of carboxylic acids is 1. The number of benzene rings is 1. The number of carbonyl (C=O) groups is 1. The minimum atomic E-state index is -0.687. The summed E-state index contributed by atoms with van der Waals surface area (Å²) in [6.45, 7) is 2.82. The first-order valence-electron chi connectivity index (χ1n) is 6.32. The lowest BCUT2D eigenvalue weighted by Crippen LogP contribution is -2.35. The highest BCUT2D eigenvalue weighted by molar-refractivity contribution is 6.30. The van der Waals surface area contributed by atoms with Gasteiger partial charge in [-0.05, 0) is 43.0 Å². The van der Waals surface area contributed by atoms with Gasteiger partial charge in [0.05, 0.1) is 0 Å². The van der Waals surface area contributed by atoms with Crippen molar-refractivity contribution >= 4 is 17.6 Å². The molecule has 0 spiro atoms. The number of likely N-dealkylation sites (tertiary alicyclic amines) is 1. The minimum absolute atomic E-state index is 0.289. The Balaban J connectivity index is 1.89. The summed E-state index contributed by atoms with van der Waals surface area (Å²) in [5.74, 6) is -0.392. The third kappa shape index (κ3) is 4.00. The molecule has 0 bridgehead atoms. The van der Waals surface area contributed by atoms with Crippen LogP contribution in [0.3, 0.4) is 0 Å². The fourth-order valence-corrected chi connectivity index (χ4v) is 2.68. The Hall–Kier alpha value is -1.06. The van der Waals surface area contributed by atoms with E-state index >= 15 is 0 Å². The van der Waals surface area contributed by atoms with Gasteiger partial charge in [-0.15, -0.1) is 0 Å². The third-order valence-corrected chi connectivity index (χ3v) is 3.64. The predicted octanol–water partition coefficient (Wildman–Crippen LogP) is 3.03. The molecule has 1 N–H and O–H groups in total. The van der Waals surface area contributed by atoms with Crippen LogP contribution in [0.5, 0.6) is 0 Å². The Kier molecular flexibility index (Phi) is 4.61. The van der Waals surface area contributed by atoms with E-state index in [0.717, 1.165) is 37.5 Å². The molecule has 1 atom stereocenters. The second-order valence-corrected chi connectivity index (χ2v) is 5.40. The van der Waals surface area contributed by atoms with Crippen LogP contribution in [0.1, 0.15) is 24.8 Å². The first-order chi connectivity index (χ1) is 8.63.